The fourth-order valence-corrected chi connectivity index (χ4v) is 53.4. The van der Waals surface area contributed by atoms with Crippen molar-refractivity contribution in [1.82, 2.24) is 4.91 Å². The standard InChI is InChI=1S/C12H17N.2C6H18NSi2.Sn/c1-8(2)10-6-5-7-11(9(3)4)12(10)13;2*1-8(2,3)7-9(4,5)6;/h5-9H,1-4H3;2*1-6H3;/q;2*-1;+2. The third-order valence-corrected chi connectivity index (χ3v) is 50.9. The van der Waals surface area contributed by atoms with Gasteiger partial charge >= 0.3 is 214 Å². The Hall–Kier alpha value is 0.606. The van der Waals surface area contributed by atoms with Gasteiger partial charge in [0.1, 0.15) is 0 Å². The second-order valence-electron chi connectivity index (χ2n) is 13.9. The van der Waals surface area contributed by atoms with Crippen LogP contribution in [0.1, 0.15) is 50.7 Å². The van der Waals surface area contributed by atoms with Crippen LogP contribution in [0.4, 0.5) is 5.69 Å². The van der Waals surface area contributed by atoms with Crippen molar-refractivity contribution in [2.24, 2.45) is 3.15 Å². The van der Waals surface area contributed by atoms with Gasteiger partial charge in [-0.1, -0.05) is 0 Å². The zero-order chi connectivity index (χ0) is 25.4. The molecule has 0 spiro atoms. The van der Waals surface area contributed by atoms with Gasteiger partial charge in [0, 0.05) is 0 Å². The summed E-state index contributed by atoms with van der Waals surface area (Å²) in [7, 11) is -6.23. The molecule has 0 aromatic heterocycles. The third-order valence-electron chi connectivity index (χ3n) is 5.64. The molecule has 0 bridgehead atoms. The summed E-state index contributed by atoms with van der Waals surface area (Å²) in [5.41, 5.74) is 4.26. The molecular weight excluding hydrogens is 561 g/mol. The fraction of sp³-hybridized carbons (Fsp3) is 0.750. The average Bonchev–Trinajstić information content (AvgIpc) is 2.48. The van der Waals surface area contributed by atoms with E-state index in [9.17, 15) is 0 Å². The monoisotopic (exact) mass is 615 g/mol. The van der Waals surface area contributed by atoms with E-state index in [1.165, 1.54) is 16.8 Å². The Balaban J connectivity index is 4.22. The Morgan fingerprint density at radius 2 is 0.875 bits per heavy atom. The summed E-state index contributed by atoms with van der Waals surface area (Å²) in [6.45, 7) is 40.3. The Kier molecular flexibility index (Phi) is 10.2. The van der Waals surface area contributed by atoms with E-state index in [0.29, 0.717) is 11.8 Å². The molecule has 0 aliphatic heterocycles. The zero-order valence-corrected chi connectivity index (χ0v) is 31.1. The molecule has 0 aliphatic carbocycles. The Morgan fingerprint density at radius 3 is 1.09 bits per heavy atom. The Bertz CT molecular complexity index is 722. The number of hydrogen-bond donors (Lipinski definition) is 0. The number of hydrogen-bond acceptors (Lipinski definition) is 1. The summed E-state index contributed by atoms with van der Waals surface area (Å²) in [6.07, 6.45) is 0. The van der Waals surface area contributed by atoms with Gasteiger partial charge in [-0.3, -0.25) is 0 Å². The summed E-state index contributed by atoms with van der Waals surface area (Å²) >= 11 is -2.59. The molecule has 3 nitrogen and oxygen atoms in total. The molecular formula is C24H53N3Si4Sn. The first kappa shape index (κ1) is 30.6. The van der Waals surface area contributed by atoms with Crippen molar-refractivity contribution in [3.8, 4) is 0 Å². The van der Waals surface area contributed by atoms with Crippen LogP contribution in [0.5, 0.6) is 0 Å². The topological polar surface area (TPSA) is 18.8 Å². The van der Waals surface area contributed by atoms with Crippen LogP contribution < -0.4 is 0 Å². The normalized spacial score (nSPS) is 14.1. The van der Waals surface area contributed by atoms with Crippen LogP contribution in [-0.4, -0.2) is 58.0 Å². The van der Waals surface area contributed by atoms with E-state index in [1.807, 2.05) is 0 Å². The molecule has 32 heavy (non-hydrogen) atoms. The first-order valence-electron chi connectivity index (χ1n) is 12.4. The van der Waals surface area contributed by atoms with Crippen LogP contribution in [-0.2, 0) is 0 Å². The van der Waals surface area contributed by atoms with E-state index in [1.54, 1.807) is 0 Å². The zero-order valence-electron chi connectivity index (χ0n) is 24.2. The van der Waals surface area contributed by atoms with Crippen LogP contribution in [0.2, 0.25) is 78.6 Å². The van der Waals surface area contributed by atoms with Gasteiger partial charge in [-0.05, 0) is 0 Å². The predicted molar refractivity (Wildman–Crippen MR) is 160 cm³/mol. The second kappa shape index (κ2) is 10.7. The van der Waals surface area contributed by atoms with Gasteiger partial charge in [-0.2, -0.15) is 0 Å². The molecule has 0 saturated carbocycles. The summed E-state index contributed by atoms with van der Waals surface area (Å²) in [5, 5.41) is 0. The van der Waals surface area contributed by atoms with Crippen molar-refractivity contribution in [3.63, 3.8) is 0 Å². The molecule has 0 atom stereocenters. The van der Waals surface area contributed by atoms with Gasteiger partial charge in [-0.25, -0.2) is 0 Å². The van der Waals surface area contributed by atoms with E-state index in [0.717, 1.165) is 0 Å². The first-order chi connectivity index (χ1) is 14.1. The van der Waals surface area contributed by atoms with Crippen molar-refractivity contribution in [2.45, 2.75) is 118 Å². The first-order valence-corrected chi connectivity index (χ1v) is 30.0. The number of benzene rings is 1. The number of nitrogens with zero attached hydrogens (tertiary/aromatic N) is 3. The molecule has 0 fully saturated rings. The van der Waals surface area contributed by atoms with Crippen LogP contribution >= 0.6 is 0 Å². The van der Waals surface area contributed by atoms with E-state index in [2.05, 4.69) is 129 Å². The van der Waals surface area contributed by atoms with Crippen LogP contribution in [0, 0.1) is 0 Å². The Morgan fingerprint density at radius 1 is 0.594 bits per heavy atom. The minimum atomic E-state index is -2.59. The predicted octanol–water partition coefficient (Wildman–Crippen LogP) is 8.76. The molecule has 0 saturated heterocycles. The maximum atomic E-state index is 6.05. The molecule has 1 rings (SSSR count). The molecule has 0 unspecified atom stereocenters. The van der Waals surface area contributed by atoms with Crippen molar-refractivity contribution < 1.29 is 0 Å². The van der Waals surface area contributed by atoms with Crippen molar-refractivity contribution in [1.29, 1.82) is 0 Å². The van der Waals surface area contributed by atoms with E-state index in [-0.39, 0.29) is 0 Å². The van der Waals surface area contributed by atoms with Gasteiger partial charge in [0.15, 0.2) is 0 Å². The van der Waals surface area contributed by atoms with Gasteiger partial charge in [-0.15, -0.1) is 0 Å². The van der Waals surface area contributed by atoms with Crippen molar-refractivity contribution in [2.75, 3.05) is 0 Å². The molecule has 1 aromatic carbocycles. The average molecular weight is 615 g/mol. The molecule has 1 aromatic rings. The second-order valence-corrected chi connectivity index (χ2v) is 43.9. The number of rotatable bonds is 9. The van der Waals surface area contributed by atoms with Crippen LogP contribution in [0.25, 0.3) is 0 Å². The summed E-state index contributed by atoms with van der Waals surface area (Å²) in [4.78, 5) is 0. The molecule has 0 N–H and O–H groups in total. The summed E-state index contributed by atoms with van der Waals surface area (Å²) in [6, 6.07) is 6.95. The third kappa shape index (κ3) is 7.81. The maximum absolute atomic E-state index is 6.05. The molecule has 0 heterocycles. The fourth-order valence-electron chi connectivity index (χ4n) is 5.15. The van der Waals surface area contributed by atoms with E-state index in [4.69, 9.17) is 3.15 Å². The van der Waals surface area contributed by atoms with Crippen LogP contribution in [0.3, 0.4) is 0 Å². The van der Waals surface area contributed by atoms with Gasteiger partial charge in [0.25, 0.3) is 0 Å². The van der Waals surface area contributed by atoms with E-state index >= 15 is 0 Å². The summed E-state index contributed by atoms with van der Waals surface area (Å²) in [5.74, 6) is 0.994. The van der Waals surface area contributed by atoms with E-state index < -0.39 is 53.1 Å². The molecule has 0 radical (unpaired) electrons. The van der Waals surface area contributed by atoms with Crippen molar-refractivity contribution in [3.05, 3.63) is 29.3 Å². The van der Waals surface area contributed by atoms with Crippen LogP contribution in [0.15, 0.2) is 21.4 Å². The van der Waals surface area contributed by atoms with Gasteiger partial charge < -0.3 is 0 Å². The van der Waals surface area contributed by atoms with Gasteiger partial charge in [0.2, 0.25) is 0 Å². The molecule has 0 amide bonds. The van der Waals surface area contributed by atoms with Crippen molar-refractivity contribution >= 4 is 58.8 Å². The summed E-state index contributed by atoms with van der Waals surface area (Å²) < 4.78 is 12.4. The minimum absolute atomic E-state index is 0.497. The quantitative estimate of drug-likeness (QED) is 0.259. The molecule has 0 aliphatic rings. The SMILES string of the molecule is CC(C)c1cccc(C(C)C)c1[N]=[Sn]([N]([Si](C)(C)C)[Si](C)(C)C)[N]([Si](C)(C)C)[Si](C)(C)C. The molecule has 8 heteroatoms. The van der Waals surface area contributed by atoms with Gasteiger partial charge in [0.05, 0.1) is 0 Å². The molecule has 184 valence electrons. The Labute approximate surface area is 213 Å².